The molecule has 0 aromatic carbocycles. The molecule has 0 aliphatic carbocycles. The number of rotatable bonds is 1. The number of aromatic nitrogens is 2. The molecule has 0 saturated heterocycles. The van der Waals surface area contributed by atoms with Crippen LogP contribution in [0.4, 0.5) is 13.2 Å². The van der Waals surface area contributed by atoms with Crippen LogP contribution >= 0.6 is 0 Å². The van der Waals surface area contributed by atoms with Crippen LogP contribution in [0.1, 0.15) is 22.7 Å². The summed E-state index contributed by atoms with van der Waals surface area (Å²) in [6.45, 7) is 2.50. The number of aryl methyl sites for hydroxylation is 1. The van der Waals surface area contributed by atoms with Gasteiger partial charge in [0, 0.05) is 12.1 Å². The Morgan fingerprint density at radius 3 is 2.75 bits per heavy atom. The minimum atomic E-state index is -4.48. The van der Waals surface area contributed by atoms with Gasteiger partial charge in [0.1, 0.15) is 5.76 Å². The second-order valence-electron chi connectivity index (χ2n) is 4.64. The molecule has 0 amide bonds. The zero-order valence-electron chi connectivity index (χ0n) is 10.7. The molecule has 3 rings (SSSR count). The molecule has 3 heterocycles. The van der Waals surface area contributed by atoms with Gasteiger partial charge in [0.05, 0.1) is 17.5 Å². The first-order chi connectivity index (χ1) is 9.47. The summed E-state index contributed by atoms with van der Waals surface area (Å²) in [4.78, 5) is 7.99. The second kappa shape index (κ2) is 4.59. The molecule has 20 heavy (non-hydrogen) atoms. The molecule has 0 spiro atoms. The minimum Gasteiger partial charge on any atom is -0.469 e. The van der Waals surface area contributed by atoms with Crippen LogP contribution in [-0.2, 0) is 19.1 Å². The number of furan rings is 1. The number of fused-ring (bicyclic) bond motifs is 1. The number of halogens is 3. The molecule has 1 N–H and O–H groups in total. The average molecular weight is 283 g/mol. The summed E-state index contributed by atoms with van der Waals surface area (Å²) in [6, 6.07) is 1.58. The van der Waals surface area contributed by atoms with E-state index >= 15 is 0 Å². The molecule has 1 aliphatic rings. The molecule has 106 valence electrons. The maximum atomic E-state index is 13.2. The highest BCUT2D eigenvalue weighted by atomic mass is 19.4. The summed E-state index contributed by atoms with van der Waals surface area (Å²) in [6.07, 6.45) is -2.77. The van der Waals surface area contributed by atoms with Crippen LogP contribution in [0.3, 0.4) is 0 Å². The normalized spacial score (nSPS) is 15.2. The molecule has 0 unspecified atom stereocenters. The maximum absolute atomic E-state index is 13.2. The average Bonchev–Trinajstić information content (AvgIpc) is 2.82. The van der Waals surface area contributed by atoms with Crippen LogP contribution in [0, 0.1) is 6.92 Å². The van der Waals surface area contributed by atoms with Gasteiger partial charge >= 0.3 is 6.18 Å². The molecule has 0 bridgehead atoms. The summed E-state index contributed by atoms with van der Waals surface area (Å²) in [5, 5.41) is 3.03. The number of nitrogens with one attached hydrogen (secondary N) is 1. The topological polar surface area (TPSA) is 51.0 Å². The molecule has 0 atom stereocenters. The van der Waals surface area contributed by atoms with E-state index in [1.54, 1.807) is 13.0 Å². The fourth-order valence-electron chi connectivity index (χ4n) is 2.33. The third-order valence-corrected chi connectivity index (χ3v) is 3.31. The van der Waals surface area contributed by atoms with Gasteiger partial charge in [0.25, 0.3) is 0 Å². The van der Waals surface area contributed by atoms with Crippen LogP contribution in [0.2, 0.25) is 0 Å². The van der Waals surface area contributed by atoms with Crippen molar-refractivity contribution in [1.82, 2.24) is 15.3 Å². The van der Waals surface area contributed by atoms with Crippen molar-refractivity contribution in [3.63, 3.8) is 0 Å². The lowest BCUT2D eigenvalue weighted by Crippen LogP contribution is -2.28. The highest BCUT2D eigenvalue weighted by molar-refractivity contribution is 5.58. The zero-order chi connectivity index (χ0) is 14.3. The van der Waals surface area contributed by atoms with E-state index in [4.69, 9.17) is 4.42 Å². The third-order valence-electron chi connectivity index (χ3n) is 3.31. The van der Waals surface area contributed by atoms with Gasteiger partial charge in [-0.1, -0.05) is 0 Å². The Balaban J connectivity index is 2.21. The maximum Gasteiger partial charge on any atom is 0.433 e. The lowest BCUT2D eigenvalue weighted by Gasteiger charge is -2.21. The molecule has 0 radical (unpaired) electrons. The predicted molar refractivity (Wildman–Crippen MR) is 64.9 cm³/mol. The van der Waals surface area contributed by atoms with E-state index in [2.05, 4.69) is 15.3 Å². The molecule has 4 nitrogen and oxygen atoms in total. The Bertz CT molecular complexity index is 649. The summed E-state index contributed by atoms with van der Waals surface area (Å²) in [5.74, 6) is 0.563. The van der Waals surface area contributed by atoms with Crippen LogP contribution in [0.25, 0.3) is 11.4 Å². The third kappa shape index (κ3) is 2.18. The zero-order valence-corrected chi connectivity index (χ0v) is 10.7. The molecular weight excluding hydrogens is 271 g/mol. The van der Waals surface area contributed by atoms with Gasteiger partial charge in [-0.2, -0.15) is 13.2 Å². The van der Waals surface area contributed by atoms with E-state index in [0.29, 0.717) is 30.1 Å². The van der Waals surface area contributed by atoms with Gasteiger partial charge in [-0.25, -0.2) is 9.97 Å². The first-order valence-electron chi connectivity index (χ1n) is 6.19. The second-order valence-corrected chi connectivity index (χ2v) is 4.64. The predicted octanol–water partition coefficient (Wildman–Crippen LogP) is 2.71. The van der Waals surface area contributed by atoms with Gasteiger partial charge < -0.3 is 9.73 Å². The summed E-state index contributed by atoms with van der Waals surface area (Å²) >= 11 is 0. The van der Waals surface area contributed by atoms with Gasteiger partial charge in [-0.15, -0.1) is 0 Å². The molecule has 0 saturated carbocycles. The van der Waals surface area contributed by atoms with Crippen molar-refractivity contribution < 1.29 is 17.6 Å². The summed E-state index contributed by atoms with van der Waals surface area (Å²) < 4.78 is 44.6. The summed E-state index contributed by atoms with van der Waals surface area (Å²) in [5.41, 5.74) is 0.263. The number of alkyl halides is 3. The minimum absolute atomic E-state index is 0.0611. The number of hydrogen-bond donors (Lipinski definition) is 1. The first kappa shape index (κ1) is 13.1. The monoisotopic (exact) mass is 283 g/mol. The van der Waals surface area contributed by atoms with Gasteiger partial charge in [0.2, 0.25) is 0 Å². The van der Waals surface area contributed by atoms with Crippen molar-refractivity contribution in [3.8, 4) is 11.4 Å². The van der Waals surface area contributed by atoms with Crippen molar-refractivity contribution in [2.24, 2.45) is 0 Å². The molecular formula is C13H12F3N3O. The molecule has 1 aliphatic heterocycles. The van der Waals surface area contributed by atoms with Crippen molar-refractivity contribution in [1.29, 1.82) is 0 Å². The molecule has 7 heteroatoms. The van der Waals surface area contributed by atoms with E-state index < -0.39 is 11.9 Å². The Hall–Kier alpha value is -1.89. The van der Waals surface area contributed by atoms with Crippen LogP contribution in [-0.4, -0.2) is 16.5 Å². The van der Waals surface area contributed by atoms with Crippen LogP contribution in [0.5, 0.6) is 0 Å². The van der Waals surface area contributed by atoms with Crippen LogP contribution in [0.15, 0.2) is 16.7 Å². The molecule has 0 fully saturated rings. The van der Waals surface area contributed by atoms with Gasteiger partial charge in [-0.05, 0) is 26.0 Å². The fourth-order valence-corrected chi connectivity index (χ4v) is 2.33. The standard InChI is InChI=1S/C13H12F3N3O/c1-7-8(3-5-20-7)12-18-10-6-17-4-2-9(10)11(19-12)13(14,15)16/h3,5,17H,2,4,6H2,1H3. The van der Waals surface area contributed by atoms with Crippen molar-refractivity contribution >= 4 is 0 Å². The largest absolute Gasteiger partial charge is 0.469 e. The number of hydrogen-bond acceptors (Lipinski definition) is 4. The van der Waals surface area contributed by atoms with E-state index in [-0.39, 0.29) is 17.8 Å². The highest BCUT2D eigenvalue weighted by Gasteiger charge is 2.38. The molecule has 2 aromatic heterocycles. The van der Waals surface area contributed by atoms with E-state index in [1.807, 2.05) is 0 Å². The Morgan fingerprint density at radius 1 is 1.30 bits per heavy atom. The highest BCUT2D eigenvalue weighted by Crippen LogP contribution is 2.34. The lowest BCUT2D eigenvalue weighted by atomic mass is 10.0. The van der Waals surface area contributed by atoms with E-state index in [9.17, 15) is 13.2 Å². The fraction of sp³-hybridized carbons (Fsp3) is 0.385. The smallest absolute Gasteiger partial charge is 0.433 e. The quantitative estimate of drug-likeness (QED) is 0.874. The van der Waals surface area contributed by atoms with Crippen molar-refractivity contribution in [2.75, 3.05) is 6.54 Å². The van der Waals surface area contributed by atoms with Crippen molar-refractivity contribution in [3.05, 3.63) is 35.0 Å². The molecule has 2 aromatic rings. The summed E-state index contributed by atoms with van der Waals surface area (Å²) in [7, 11) is 0. The van der Waals surface area contributed by atoms with Crippen molar-refractivity contribution in [2.45, 2.75) is 26.1 Å². The van der Waals surface area contributed by atoms with E-state index in [1.165, 1.54) is 6.26 Å². The Labute approximate surface area is 113 Å². The number of nitrogens with zero attached hydrogens (tertiary/aromatic N) is 2. The Morgan fingerprint density at radius 2 is 2.10 bits per heavy atom. The van der Waals surface area contributed by atoms with Gasteiger partial charge in [-0.3, -0.25) is 0 Å². The Kier molecular flexibility index (Phi) is 3.01. The lowest BCUT2D eigenvalue weighted by molar-refractivity contribution is -0.142. The van der Waals surface area contributed by atoms with E-state index in [0.717, 1.165) is 0 Å². The SMILES string of the molecule is Cc1occc1-c1nc2c(c(C(F)(F)F)n1)CCNC2. The van der Waals surface area contributed by atoms with Crippen LogP contribution < -0.4 is 5.32 Å². The van der Waals surface area contributed by atoms with Gasteiger partial charge in [0.15, 0.2) is 11.5 Å². The first-order valence-corrected chi connectivity index (χ1v) is 6.19.